The third-order valence-corrected chi connectivity index (χ3v) is 5.81. The SMILES string of the molecule is Nc1nc2ccc(CN3CCCC4CCCC43)cc2s1. The zero-order chi connectivity index (χ0) is 13.5. The molecule has 4 rings (SSSR count). The van der Waals surface area contributed by atoms with Crippen molar-refractivity contribution in [2.75, 3.05) is 12.3 Å². The molecule has 2 atom stereocenters. The Labute approximate surface area is 123 Å². The van der Waals surface area contributed by atoms with Gasteiger partial charge in [0.1, 0.15) is 0 Å². The van der Waals surface area contributed by atoms with Gasteiger partial charge < -0.3 is 5.73 Å². The molecule has 1 saturated heterocycles. The Morgan fingerprint density at radius 3 is 3.10 bits per heavy atom. The van der Waals surface area contributed by atoms with Gasteiger partial charge in [0.15, 0.2) is 5.13 Å². The minimum Gasteiger partial charge on any atom is -0.375 e. The normalized spacial score (nSPS) is 27.0. The van der Waals surface area contributed by atoms with Crippen LogP contribution in [0, 0.1) is 5.92 Å². The van der Waals surface area contributed by atoms with Crippen LogP contribution in [0.15, 0.2) is 18.2 Å². The highest BCUT2D eigenvalue weighted by molar-refractivity contribution is 7.22. The number of nitrogens with two attached hydrogens (primary N) is 1. The molecule has 0 amide bonds. The summed E-state index contributed by atoms with van der Waals surface area (Å²) in [5, 5.41) is 0.672. The Balaban J connectivity index is 1.56. The number of rotatable bonds is 2. The van der Waals surface area contributed by atoms with Crippen molar-refractivity contribution in [2.24, 2.45) is 5.92 Å². The van der Waals surface area contributed by atoms with E-state index in [2.05, 4.69) is 28.1 Å². The molecule has 1 aliphatic carbocycles. The molecule has 1 aromatic carbocycles. The average Bonchev–Trinajstić information content (AvgIpc) is 3.03. The van der Waals surface area contributed by atoms with Crippen LogP contribution in [0.3, 0.4) is 0 Å². The highest BCUT2D eigenvalue weighted by Gasteiger charge is 2.34. The van der Waals surface area contributed by atoms with Gasteiger partial charge in [-0.25, -0.2) is 4.98 Å². The first kappa shape index (κ1) is 12.6. The van der Waals surface area contributed by atoms with Crippen molar-refractivity contribution in [1.29, 1.82) is 0 Å². The van der Waals surface area contributed by atoms with Gasteiger partial charge in [-0.1, -0.05) is 23.8 Å². The quantitative estimate of drug-likeness (QED) is 0.917. The molecule has 20 heavy (non-hydrogen) atoms. The molecule has 0 spiro atoms. The lowest BCUT2D eigenvalue weighted by molar-refractivity contribution is 0.106. The first-order valence-corrected chi connectivity index (χ1v) is 8.50. The van der Waals surface area contributed by atoms with Crippen LogP contribution < -0.4 is 5.73 Å². The number of nitrogen functional groups attached to an aromatic ring is 1. The number of anilines is 1. The zero-order valence-electron chi connectivity index (χ0n) is 11.7. The van der Waals surface area contributed by atoms with Gasteiger partial charge in [0.05, 0.1) is 10.2 Å². The van der Waals surface area contributed by atoms with Crippen molar-refractivity contribution < 1.29 is 0 Å². The van der Waals surface area contributed by atoms with E-state index >= 15 is 0 Å². The van der Waals surface area contributed by atoms with E-state index in [4.69, 9.17) is 5.73 Å². The smallest absolute Gasteiger partial charge is 0.181 e. The standard InChI is InChI=1S/C16H21N3S/c17-16-18-13-7-6-11(9-15(13)20-16)10-19-8-2-4-12-3-1-5-14(12)19/h6-7,9,12,14H,1-5,8,10H2,(H2,17,18). The summed E-state index contributed by atoms with van der Waals surface area (Å²) in [7, 11) is 0. The van der Waals surface area contributed by atoms with Crippen LogP contribution in [0.25, 0.3) is 10.2 Å². The lowest BCUT2D eigenvalue weighted by atomic mass is 9.91. The van der Waals surface area contributed by atoms with Gasteiger partial charge >= 0.3 is 0 Å². The minimum atomic E-state index is 0.672. The van der Waals surface area contributed by atoms with Crippen molar-refractivity contribution in [3.63, 3.8) is 0 Å². The maximum absolute atomic E-state index is 5.79. The number of fused-ring (bicyclic) bond motifs is 2. The molecular weight excluding hydrogens is 266 g/mol. The van der Waals surface area contributed by atoms with E-state index in [0.717, 1.165) is 24.0 Å². The van der Waals surface area contributed by atoms with E-state index in [1.807, 2.05) is 0 Å². The molecule has 3 nitrogen and oxygen atoms in total. The lowest BCUT2D eigenvalue weighted by Crippen LogP contribution is -2.41. The van der Waals surface area contributed by atoms with Gasteiger partial charge in [-0.2, -0.15) is 0 Å². The molecule has 2 aromatic rings. The van der Waals surface area contributed by atoms with Crippen molar-refractivity contribution in [1.82, 2.24) is 9.88 Å². The fourth-order valence-corrected chi connectivity index (χ4v) is 4.87. The molecule has 0 bridgehead atoms. The number of hydrogen-bond donors (Lipinski definition) is 1. The topological polar surface area (TPSA) is 42.1 Å². The molecule has 1 aliphatic heterocycles. The number of benzene rings is 1. The van der Waals surface area contributed by atoms with Crippen molar-refractivity contribution in [3.8, 4) is 0 Å². The third-order valence-electron chi connectivity index (χ3n) is 4.96. The molecule has 106 valence electrons. The molecule has 2 N–H and O–H groups in total. The van der Waals surface area contributed by atoms with Crippen LogP contribution in [0.5, 0.6) is 0 Å². The van der Waals surface area contributed by atoms with Gasteiger partial charge in [0.2, 0.25) is 0 Å². The first-order valence-electron chi connectivity index (χ1n) is 7.68. The van der Waals surface area contributed by atoms with Gasteiger partial charge in [-0.3, -0.25) is 4.90 Å². The fraction of sp³-hybridized carbons (Fsp3) is 0.562. The lowest BCUT2D eigenvalue weighted by Gasteiger charge is -2.37. The predicted octanol–water partition coefficient (Wildman–Crippen LogP) is 3.64. The van der Waals surface area contributed by atoms with Gasteiger partial charge in [-0.15, -0.1) is 0 Å². The highest BCUT2D eigenvalue weighted by Crippen LogP contribution is 2.37. The maximum atomic E-state index is 5.79. The second-order valence-electron chi connectivity index (χ2n) is 6.23. The summed E-state index contributed by atoms with van der Waals surface area (Å²) in [6.45, 7) is 2.36. The van der Waals surface area contributed by atoms with Crippen molar-refractivity contribution in [2.45, 2.75) is 44.7 Å². The summed E-state index contributed by atoms with van der Waals surface area (Å²) in [5.41, 5.74) is 8.24. The number of piperidine rings is 1. The summed E-state index contributed by atoms with van der Waals surface area (Å²) in [5.74, 6) is 0.964. The molecule has 0 radical (unpaired) electrons. The van der Waals surface area contributed by atoms with Crippen LogP contribution in [-0.4, -0.2) is 22.5 Å². The van der Waals surface area contributed by atoms with E-state index in [1.54, 1.807) is 11.3 Å². The van der Waals surface area contributed by atoms with Crippen LogP contribution in [-0.2, 0) is 6.54 Å². The third kappa shape index (κ3) is 2.21. The molecule has 4 heteroatoms. The van der Waals surface area contributed by atoms with Crippen LogP contribution in [0.1, 0.15) is 37.7 Å². The number of thiazole rings is 1. The number of hydrogen-bond acceptors (Lipinski definition) is 4. The van der Waals surface area contributed by atoms with Crippen LogP contribution in [0.2, 0.25) is 0 Å². The van der Waals surface area contributed by atoms with Crippen LogP contribution in [0.4, 0.5) is 5.13 Å². The summed E-state index contributed by atoms with van der Waals surface area (Å²) < 4.78 is 1.22. The Kier molecular flexibility index (Phi) is 3.15. The molecule has 1 aromatic heterocycles. The molecule has 2 heterocycles. The Morgan fingerprint density at radius 1 is 1.25 bits per heavy atom. The van der Waals surface area contributed by atoms with Crippen LogP contribution >= 0.6 is 11.3 Å². The van der Waals surface area contributed by atoms with Gasteiger partial charge in [0, 0.05) is 12.6 Å². The second-order valence-corrected chi connectivity index (χ2v) is 7.29. The molecule has 2 aliphatic rings. The Hall–Kier alpha value is -1.13. The Bertz CT molecular complexity index is 621. The molecule has 1 saturated carbocycles. The summed E-state index contributed by atoms with van der Waals surface area (Å²) in [6.07, 6.45) is 7.10. The zero-order valence-corrected chi connectivity index (χ0v) is 12.5. The van der Waals surface area contributed by atoms with E-state index in [0.29, 0.717) is 5.13 Å². The second kappa shape index (κ2) is 5.01. The van der Waals surface area contributed by atoms with E-state index in [-0.39, 0.29) is 0 Å². The maximum Gasteiger partial charge on any atom is 0.181 e. The predicted molar refractivity (Wildman–Crippen MR) is 84.8 cm³/mol. The van der Waals surface area contributed by atoms with E-state index in [9.17, 15) is 0 Å². The van der Waals surface area contributed by atoms with E-state index in [1.165, 1.54) is 48.9 Å². The van der Waals surface area contributed by atoms with Gasteiger partial charge in [-0.05, 0) is 55.8 Å². The molecule has 2 fully saturated rings. The minimum absolute atomic E-state index is 0.672. The summed E-state index contributed by atoms with van der Waals surface area (Å²) in [4.78, 5) is 7.05. The molecular formula is C16H21N3S. The summed E-state index contributed by atoms with van der Waals surface area (Å²) in [6, 6.07) is 7.46. The van der Waals surface area contributed by atoms with Gasteiger partial charge in [0.25, 0.3) is 0 Å². The van der Waals surface area contributed by atoms with Crippen molar-refractivity contribution >= 4 is 26.7 Å². The first-order chi connectivity index (χ1) is 9.79. The summed E-state index contributed by atoms with van der Waals surface area (Å²) >= 11 is 1.60. The average molecular weight is 287 g/mol. The van der Waals surface area contributed by atoms with Crippen molar-refractivity contribution in [3.05, 3.63) is 23.8 Å². The largest absolute Gasteiger partial charge is 0.375 e. The monoisotopic (exact) mass is 287 g/mol. The fourth-order valence-electron chi connectivity index (χ4n) is 4.07. The number of nitrogens with zero attached hydrogens (tertiary/aromatic N) is 2. The number of likely N-dealkylation sites (tertiary alicyclic amines) is 1. The molecule has 2 unspecified atom stereocenters. The van der Waals surface area contributed by atoms with E-state index < -0.39 is 0 Å². The highest BCUT2D eigenvalue weighted by atomic mass is 32.1. The number of aromatic nitrogens is 1. The Morgan fingerprint density at radius 2 is 2.15 bits per heavy atom.